The molecule has 0 fully saturated rings. The van der Waals surface area contributed by atoms with Gasteiger partial charge in [0.2, 0.25) is 0 Å². The van der Waals surface area contributed by atoms with Crippen molar-refractivity contribution in [3.8, 4) is 0 Å². The lowest BCUT2D eigenvalue weighted by molar-refractivity contribution is -0.167. The van der Waals surface area contributed by atoms with Crippen LogP contribution in [0.5, 0.6) is 0 Å². The largest absolute Gasteiger partial charge is 0.462 e. The van der Waals surface area contributed by atoms with Gasteiger partial charge in [0.25, 0.3) is 0 Å². The van der Waals surface area contributed by atoms with Crippen molar-refractivity contribution in [3.05, 3.63) is 72.9 Å². The zero-order valence-electron chi connectivity index (χ0n) is 42.0. The van der Waals surface area contributed by atoms with Gasteiger partial charge in [0, 0.05) is 19.3 Å². The molecule has 0 N–H and O–H groups in total. The lowest BCUT2D eigenvalue weighted by Gasteiger charge is -2.18. The lowest BCUT2D eigenvalue weighted by atomic mass is 10.0. The topological polar surface area (TPSA) is 78.9 Å². The maximum Gasteiger partial charge on any atom is 0.306 e. The second kappa shape index (κ2) is 52.5. The van der Waals surface area contributed by atoms with E-state index in [1.807, 2.05) is 0 Å². The van der Waals surface area contributed by atoms with Gasteiger partial charge in [0.15, 0.2) is 6.10 Å². The van der Waals surface area contributed by atoms with Gasteiger partial charge in [-0.25, -0.2) is 0 Å². The normalized spacial score (nSPS) is 12.6. The SMILES string of the molecule is CC\C=C/C=C\C=C/CCCCCCCCCC(=O)OC(COC(=O)CCCCCCC\C=C/C=C\C=C/CCCCCCC)COC(=O)CCCCCCCCCCCCCCC. The summed E-state index contributed by atoms with van der Waals surface area (Å²) in [5.41, 5.74) is 0. The zero-order valence-corrected chi connectivity index (χ0v) is 42.0. The van der Waals surface area contributed by atoms with Gasteiger partial charge >= 0.3 is 17.9 Å². The number of ether oxygens (including phenoxy) is 3. The fourth-order valence-corrected chi connectivity index (χ4v) is 7.50. The Morgan fingerprint density at radius 3 is 0.938 bits per heavy atom. The number of unbranched alkanes of at least 4 members (excludes halogenated alkanes) is 29. The van der Waals surface area contributed by atoms with Crippen molar-refractivity contribution in [1.29, 1.82) is 0 Å². The molecule has 0 amide bonds. The van der Waals surface area contributed by atoms with Crippen LogP contribution in [0.3, 0.4) is 0 Å². The first-order valence-electron chi connectivity index (χ1n) is 27.0. The average Bonchev–Trinajstić information content (AvgIpc) is 3.29. The zero-order chi connectivity index (χ0) is 46.5. The minimum absolute atomic E-state index is 0.0855. The summed E-state index contributed by atoms with van der Waals surface area (Å²) in [6, 6.07) is 0. The van der Waals surface area contributed by atoms with Gasteiger partial charge in [-0.3, -0.25) is 14.4 Å². The molecule has 64 heavy (non-hydrogen) atoms. The van der Waals surface area contributed by atoms with Gasteiger partial charge in [0.1, 0.15) is 13.2 Å². The Morgan fingerprint density at radius 2 is 0.609 bits per heavy atom. The van der Waals surface area contributed by atoms with Crippen LogP contribution < -0.4 is 0 Å². The van der Waals surface area contributed by atoms with E-state index in [1.165, 1.54) is 128 Å². The summed E-state index contributed by atoms with van der Waals surface area (Å²) in [7, 11) is 0. The number of carbonyl (C=O) groups is 3. The van der Waals surface area contributed by atoms with Crippen molar-refractivity contribution in [1.82, 2.24) is 0 Å². The van der Waals surface area contributed by atoms with Crippen LogP contribution in [0, 0.1) is 0 Å². The predicted molar refractivity (Wildman–Crippen MR) is 274 cm³/mol. The number of hydrogen-bond donors (Lipinski definition) is 0. The summed E-state index contributed by atoms with van der Waals surface area (Å²) in [5, 5.41) is 0. The molecule has 6 heteroatoms. The van der Waals surface area contributed by atoms with Crippen molar-refractivity contribution in [2.75, 3.05) is 13.2 Å². The van der Waals surface area contributed by atoms with Crippen LogP contribution in [-0.4, -0.2) is 37.2 Å². The average molecular weight is 893 g/mol. The number of rotatable bonds is 48. The molecular weight excluding hydrogens is 793 g/mol. The van der Waals surface area contributed by atoms with Gasteiger partial charge in [-0.1, -0.05) is 248 Å². The van der Waals surface area contributed by atoms with Gasteiger partial charge < -0.3 is 14.2 Å². The second-order valence-corrected chi connectivity index (χ2v) is 17.9. The van der Waals surface area contributed by atoms with E-state index in [4.69, 9.17) is 14.2 Å². The number of esters is 3. The highest BCUT2D eigenvalue weighted by Gasteiger charge is 2.19. The van der Waals surface area contributed by atoms with Crippen molar-refractivity contribution < 1.29 is 28.6 Å². The summed E-state index contributed by atoms with van der Waals surface area (Å²) in [6.07, 6.45) is 65.9. The van der Waals surface area contributed by atoms with Crippen molar-refractivity contribution in [2.45, 2.75) is 264 Å². The molecule has 0 bridgehead atoms. The van der Waals surface area contributed by atoms with E-state index < -0.39 is 6.10 Å². The maximum atomic E-state index is 12.8. The van der Waals surface area contributed by atoms with Crippen LogP contribution in [0.15, 0.2) is 72.9 Å². The molecule has 6 nitrogen and oxygen atoms in total. The molecule has 1 unspecified atom stereocenters. The molecule has 368 valence electrons. The summed E-state index contributed by atoms with van der Waals surface area (Å²) >= 11 is 0. The van der Waals surface area contributed by atoms with Crippen LogP contribution in [0.4, 0.5) is 0 Å². The summed E-state index contributed by atoms with van der Waals surface area (Å²) in [4.78, 5) is 38.0. The van der Waals surface area contributed by atoms with E-state index in [0.717, 1.165) is 89.9 Å². The van der Waals surface area contributed by atoms with Gasteiger partial charge in [-0.15, -0.1) is 0 Å². The highest BCUT2D eigenvalue weighted by molar-refractivity contribution is 5.71. The number of hydrogen-bond acceptors (Lipinski definition) is 6. The molecule has 0 radical (unpaired) electrons. The van der Waals surface area contributed by atoms with E-state index in [1.54, 1.807) is 0 Å². The summed E-state index contributed by atoms with van der Waals surface area (Å²) < 4.78 is 16.8. The fraction of sp³-hybridized carbons (Fsp3) is 0.741. The van der Waals surface area contributed by atoms with E-state index in [0.29, 0.717) is 19.3 Å². The number of carbonyl (C=O) groups excluding carboxylic acids is 3. The van der Waals surface area contributed by atoms with Crippen molar-refractivity contribution >= 4 is 17.9 Å². The highest BCUT2D eigenvalue weighted by atomic mass is 16.6. The van der Waals surface area contributed by atoms with Crippen LogP contribution in [0.25, 0.3) is 0 Å². The van der Waals surface area contributed by atoms with Crippen molar-refractivity contribution in [3.63, 3.8) is 0 Å². The smallest absolute Gasteiger partial charge is 0.306 e. The first-order chi connectivity index (χ1) is 31.5. The summed E-state index contributed by atoms with van der Waals surface area (Å²) in [5.74, 6) is -0.913. The van der Waals surface area contributed by atoms with E-state index in [9.17, 15) is 14.4 Å². The Hall–Kier alpha value is -3.15. The highest BCUT2D eigenvalue weighted by Crippen LogP contribution is 2.15. The molecular formula is C58H100O6. The lowest BCUT2D eigenvalue weighted by Crippen LogP contribution is -2.30. The Labute approximate surface area is 395 Å². The van der Waals surface area contributed by atoms with E-state index in [2.05, 4.69) is 93.7 Å². The molecule has 0 aliphatic carbocycles. The minimum atomic E-state index is -0.788. The molecule has 1 atom stereocenters. The Morgan fingerprint density at radius 1 is 0.328 bits per heavy atom. The molecule has 0 spiro atoms. The summed E-state index contributed by atoms with van der Waals surface area (Å²) in [6.45, 7) is 6.48. The Kier molecular flexibility index (Phi) is 49.9. The number of allylic oxidation sites excluding steroid dienone is 12. The first kappa shape index (κ1) is 60.9. The quantitative estimate of drug-likeness (QED) is 0.0262. The van der Waals surface area contributed by atoms with Gasteiger partial charge in [0.05, 0.1) is 0 Å². The van der Waals surface area contributed by atoms with E-state index >= 15 is 0 Å². The Balaban J connectivity index is 4.42. The van der Waals surface area contributed by atoms with Crippen LogP contribution in [-0.2, 0) is 28.6 Å². The molecule has 0 aliphatic heterocycles. The third kappa shape index (κ3) is 49.9. The Bertz CT molecular complexity index is 1210. The van der Waals surface area contributed by atoms with Gasteiger partial charge in [-0.05, 0) is 64.2 Å². The van der Waals surface area contributed by atoms with Crippen LogP contribution >= 0.6 is 0 Å². The molecule has 0 aromatic heterocycles. The van der Waals surface area contributed by atoms with Crippen LogP contribution in [0.2, 0.25) is 0 Å². The molecule has 0 heterocycles. The fourth-order valence-electron chi connectivity index (χ4n) is 7.50. The monoisotopic (exact) mass is 893 g/mol. The molecule has 0 rings (SSSR count). The first-order valence-corrected chi connectivity index (χ1v) is 27.0. The predicted octanol–water partition coefficient (Wildman–Crippen LogP) is 17.8. The minimum Gasteiger partial charge on any atom is -0.462 e. The van der Waals surface area contributed by atoms with Crippen LogP contribution in [0.1, 0.15) is 258 Å². The maximum absolute atomic E-state index is 12.8. The third-order valence-electron chi connectivity index (χ3n) is 11.6. The van der Waals surface area contributed by atoms with Gasteiger partial charge in [-0.2, -0.15) is 0 Å². The molecule has 0 aliphatic rings. The standard InChI is InChI=1S/C58H100O6/c1-4-7-10-13-16-19-22-25-27-28-29-31-33-36-39-42-45-48-51-57(60)63-54-55(53-62-56(59)50-47-44-41-38-35-32-24-21-18-15-12-9-6-3)64-58(61)52-49-46-43-40-37-34-30-26-23-20-17-14-11-8-5-2/h8,11,14,17,20,22-23,25,27-29,31,55H,4-7,9-10,12-13,15-16,18-19,21,24,26,30,32-54H2,1-3H3/b11-8-,17-14-,23-20-,25-22-,28-27-,31-29-. The second-order valence-electron chi connectivity index (χ2n) is 17.9. The van der Waals surface area contributed by atoms with E-state index in [-0.39, 0.29) is 31.1 Å². The molecule has 0 saturated carbocycles. The third-order valence-corrected chi connectivity index (χ3v) is 11.6. The molecule has 0 aromatic carbocycles. The van der Waals surface area contributed by atoms with Crippen molar-refractivity contribution in [2.24, 2.45) is 0 Å². The molecule has 0 aromatic rings. The molecule has 0 saturated heterocycles.